The number of hydrogen-bond acceptors (Lipinski definition) is 6. The van der Waals surface area contributed by atoms with Crippen molar-refractivity contribution in [3.8, 4) is 5.75 Å². The lowest BCUT2D eigenvalue weighted by Crippen LogP contribution is -2.25. The van der Waals surface area contributed by atoms with Gasteiger partial charge in [-0.05, 0) is 17.7 Å². The van der Waals surface area contributed by atoms with Crippen LogP contribution in [0.5, 0.6) is 5.75 Å². The molecular weight excluding hydrogens is 340 g/mol. The van der Waals surface area contributed by atoms with Crippen molar-refractivity contribution < 1.29 is 24.0 Å². The van der Waals surface area contributed by atoms with Crippen molar-refractivity contribution in [2.45, 2.75) is 13.0 Å². The molecule has 0 aliphatic carbocycles. The normalized spacial score (nSPS) is 10.1. The molecule has 0 unspecified atom stereocenters. The number of amides is 1. The first-order valence-electron chi connectivity index (χ1n) is 7.70. The average Bonchev–Trinajstić information content (AvgIpc) is 2.65. The van der Waals surface area contributed by atoms with Gasteiger partial charge in [0.05, 0.1) is 25.6 Å². The van der Waals surface area contributed by atoms with Crippen LogP contribution in [0.25, 0.3) is 0 Å². The molecule has 2 aromatic rings. The summed E-state index contributed by atoms with van der Waals surface area (Å²) < 4.78 is 9.82. The number of nitro benzene ring substituents is 1. The largest absolute Gasteiger partial charge is 0.496 e. The summed E-state index contributed by atoms with van der Waals surface area (Å²) >= 11 is 0. The van der Waals surface area contributed by atoms with Gasteiger partial charge in [0.15, 0.2) is 0 Å². The van der Waals surface area contributed by atoms with Crippen LogP contribution >= 0.6 is 0 Å². The van der Waals surface area contributed by atoms with Crippen LogP contribution in [-0.2, 0) is 22.5 Å². The van der Waals surface area contributed by atoms with Crippen molar-refractivity contribution in [3.05, 3.63) is 69.3 Å². The maximum Gasteiger partial charge on any atom is 0.341 e. The molecule has 0 aliphatic rings. The van der Waals surface area contributed by atoms with E-state index >= 15 is 0 Å². The van der Waals surface area contributed by atoms with Crippen molar-refractivity contribution in [1.29, 1.82) is 0 Å². The van der Waals surface area contributed by atoms with E-state index in [2.05, 4.69) is 5.32 Å². The molecule has 0 spiro atoms. The minimum atomic E-state index is -0.546. The fourth-order valence-corrected chi connectivity index (χ4v) is 2.41. The van der Waals surface area contributed by atoms with Crippen molar-refractivity contribution in [1.82, 2.24) is 5.32 Å². The lowest BCUT2D eigenvalue weighted by atomic mass is 10.1. The molecule has 136 valence electrons. The van der Waals surface area contributed by atoms with Crippen LogP contribution in [0.15, 0.2) is 42.5 Å². The standard InChI is InChI=1S/C18H18N2O6/c1-25-16-8-7-12(9-14(16)18(22)26-2)11-19-17(21)10-13-5-3-4-6-15(13)20(23)24/h3-9H,10-11H2,1-2H3,(H,19,21). The van der Waals surface area contributed by atoms with Crippen LogP contribution in [0.4, 0.5) is 5.69 Å². The molecule has 0 atom stereocenters. The van der Waals surface area contributed by atoms with Gasteiger partial charge < -0.3 is 14.8 Å². The van der Waals surface area contributed by atoms with E-state index < -0.39 is 10.9 Å². The number of nitro groups is 1. The SMILES string of the molecule is COC(=O)c1cc(CNC(=O)Cc2ccccc2[N+](=O)[O-])ccc1OC. The Morgan fingerprint density at radius 1 is 1.15 bits per heavy atom. The van der Waals surface area contributed by atoms with Gasteiger partial charge in [0.1, 0.15) is 11.3 Å². The molecule has 0 radical (unpaired) electrons. The molecule has 8 heteroatoms. The third kappa shape index (κ3) is 4.56. The summed E-state index contributed by atoms with van der Waals surface area (Å²) in [4.78, 5) is 34.4. The quantitative estimate of drug-likeness (QED) is 0.462. The molecular formula is C18H18N2O6. The van der Waals surface area contributed by atoms with Gasteiger partial charge in [0.25, 0.3) is 5.69 Å². The molecule has 1 amide bonds. The van der Waals surface area contributed by atoms with Gasteiger partial charge >= 0.3 is 5.97 Å². The smallest absolute Gasteiger partial charge is 0.341 e. The monoisotopic (exact) mass is 358 g/mol. The second-order valence-electron chi connectivity index (χ2n) is 5.37. The van der Waals surface area contributed by atoms with Crippen molar-refractivity contribution in [2.75, 3.05) is 14.2 Å². The summed E-state index contributed by atoms with van der Waals surface area (Å²) in [5.74, 6) is -0.545. The molecule has 2 rings (SSSR count). The lowest BCUT2D eigenvalue weighted by Gasteiger charge is -2.10. The molecule has 0 aromatic heterocycles. The Morgan fingerprint density at radius 3 is 2.54 bits per heavy atom. The number of carbonyl (C=O) groups is 2. The average molecular weight is 358 g/mol. The second-order valence-corrected chi connectivity index (χ2v) is 5.37. The molecule has 2 aromatic carbocycles. The predicted octanol–water partition coefficient (Wildman–Crippen LogP) is 2.25. The Balaban J connectivity index is 2.06. The Bertz CT molecular complexity index is 834. The Labute approximate surface area is 149 Å². The molecule has 8 nitrogen and oxygen atoms in total. The van der Waals surface area contributed by atoms with Gasteiger partial charge in [0.2, 0.25) is 5.91 Å². The Morgan fingerprint density at radius 2 is 1.88 bits per heavy atom. The molecule has 0 fully saturated rings. The number of rotatable bonds is 7. The molecule has 26 heavy (non-hydrogen) atoms. The zero-order chi connectivity index (χ0) is 19.1. The summed E-state index contributed by atoms with van der Waals surface area (Å²) in [7, 11) is 2.71. The highest BCUT2D eigenvalue weighted by molar-refractivity contribution is 5.92. The number of hydrogen-bond donors (Lipinski definition) is 1. The van der Waals surface area contributed by atoms with E-state index in [4.69, 9.17) is 9.47 Å². The Kier molecular flexibility index (Phi) is 6.26. The van der Waals surface area contributed by atoms with Gasteiger partial charge in [-0.2, -0.15) is 0 Å². The second kappa shape index (κ2) is 8.61. The molecule has 0 saturated heterocycles. The van der Waals surface area contributed by atoms with Crippen LogP contribution in [0.1, 0.15) is 21.5 Å². The first-order valence-corrected chi connectivity index (χ1v) is 7.70. The number of ether oxygens (including phenoxy) is 2. The summed E-state index contributed by atoms with van der Waals surface area (Å²) in [6.07, 6.45) is -0.114. The molecule has 0 aliphatic heterocycles. The van der Waals surface area contributed by atoms with Gasteiger partial charge in [-0.1, -0.05) is 24.3 Å². The van der Waals surface area contributed by atoms with E-state index in [0.717, 1.165) is 0 Å². The summed E-state index contributed by atoms with van der Waals surface area (Å²) in [5.41, 5.74) is 1.16. The van der Waals surface area contributed by atoms with Gasteiger partial charge in [-0.3, -0.25) is 14.9 Å². The number of methoxy groups -OCH3 is 2. The predicted molar refractivity (Wildman–Crippen MR) is 93.0 cm³/mol. The van der Waals surface area contributed by atoms with E-state index in [1.54, 1.807) is 36.4 Å². The van der Waals surface area contributed by atoms with Crippen LogP contribution in [-0.4, -0.2) is 31.0 Å². The first kappa shape index (κ1) is 18.9. The van der Waals surface area contributed by atoms with Crippen LogP contribution < -0.4 is 10.1 Å². The first-order chi connectivity index (χ1) is 12.5. The van der Waals surface area contributed by atoms with Crippen molar-refractivity contribution >= 4 is 17.6 Å². The third-order valence-electron chi connectivity index (χ3n) is 3.70. The van der Waals surface area contributed by atoms with Gasteiger partial charge in [-0.25, -0.2) is 4.79 Å². The van der Waals surface area contributed by atoms with Crippen LogP contribution in [0.3, 0.4) is 0 Å². The van der Waals surface area contributed by atoms with Crippen LogP contribution in [0.2, 0.25) is 0 Å². The minimum absolute atomic E-state index is 0.0972. The van der Waals surface area contributed by atoms with Gasteiger partial charge in [-0.15, -0.1) is 0 Å². The number of para-hydroxylation sites is 1. The van der Waals surface area contributed by atoms with E-state index in [9.17, 15) is 19.7 Å². The van der Waals surface area contributed by atoms with Crippen molar-refractivity contribution in [2.24, 2.45) is 0 Å². The number of benzene rings is 2. The van der Waals surface area contributed by atoms with Gasteiger partial charge in [0, 0.05) is 18.2 Å². The molecule has 0 saturated carbocycles. The number of nitrogens with one attached hydrogen (secondary N) is 1. The maximum atomic E-state index is 12.1. The minimum Gasteiger partial charge on any atom is -0.496 e. The third-order valence-corrected chi connectivity index (χ3v) is 3.70. The van der Waals surface area contributed by atoms with E-state index in [1.807, 2.05) is 0 Å². The Hall–Kier alpha value is -3.42. The van der Waals surface area contributed by atoms with Crippen LogP contribution in [0, 0.1) is 10.1 Å². The lowest BCUT2D eigenvalue weighted by molar-refractivity contribution is -0.385. The molecule has 0 heterocycles. The highest BCUT2D eigenvalue weighted by atomic mass is 16.6. The highest BCUT2D eigenvalue weighted by Gasteiger charge is 2.16. The van der Waals surface area contributed by atoms with Crippen molar-refractivity contribution in [3.63, 3.8) is 0 Å². The van der Waals surface area contributed by atoms with E-state index in [0.29, 0.717) is 16.9 Å². The zero-order valence-electron chi connectivity index (χ0n) is 14.4. The summed E-state index contributed by atoms with van der Waals surface area (Å²) in [5, 5.41) is 13.7. The van der Waals surface area contributed by atoms with E-state index in [1.165, 1.54) is 20.3 Å². The molecule has 0 bridgehead atoms. The summed E-state index contributed by atoms with van der Waals surface area (Å²) in [6, 6.07) is 11.0. The molecule has 1 N–H and O–H groups in total. The highest BCUT2D eigenvalue weighted by Crippen LogP contribution is 2.21. The topological polar surface area (TPSA) is 108 Å². The van der Waals surface area contributed by atoms with E-state index in [-0.39, 0.29) is 30.1 Å². The zero-order valence-corrected chi connectivity index (χ0v) is 14.4. The summed E-state index contributed by atoms with van der Waals surface area (Å²) in [6.45, 7) is 0.160. The number of nitrogens with zero attached hydrogens (tertiary/aromatic N) is 1. The fraction of sp³-hybridized carbons (Fsp3) is 0.222. The number of carbonyl (C=O) groups excluding carboxylic acids is 2. The maximum absolute atomic E-state index is 12.1. The number of esters is 1. The fourth-order valence-electron chi connectivity index (χ4n) is 2.41.